The topological polar surface area (TPSA) is 79.4 Å². The fourth-order valence-corrected chi connectivity index (χ4v) is 6.54. The Morgan fingerprint density at radius 1 is 0.968 bits per heavy atom. The van der Waals surface area contributed by atoms with Crippen molar-refractivity contribution in [2.75, 3.05) is 63.3 Å². The first kappa shape index (κ1) is 22.0. The van der Waals surface area contributed by atoms with E-state index >= 15 is 0 Å². The van der Waals surface area contributed by atoms with E-state index in [0.717, 1.165) is 30.2 Å². The van der Waals surface area contributed by atoms with Crippen LogP contribution in [-0.2, 0) is 9.84 Å². The number of piperidine rings is 1. The molecule has 0 saturated carbocycles. The van der Waals surface area contributed by atoms with E-state index in [1.165, 1.54) is 0 Å². The van der Waals surface area contributed by atoms with Crippen LogP contribution in [0.3, 0.4) is 0 Å². The minimum Gasteiger partial charge on any atom is -0.497 e. The smallest absolute Gasteiger partial charge is 0.320 e. The monoisotopic (exact) mass is 451 g/mol. The number of amides is 2. The minimum absolute atomic E-state index is 0.0273. The maximum atomic E-state index is 13.3. The third-order valence-corrected chi connectivity index (χ3v) is 8.58. The van der Waals surface area contributed by atoms with Gasteiger partial charge in [-0.2, -0.15) is 0 Å². The first-order valence-electron chi connectivity index (χ1n) is 10.9. The second-order valence-corrected chi connectivity index (χ2v) is 11.9. The number of hydrogen-bond donors (Lipinski definition) is 0. The van der Waals surface area contributed by atoms with Gasteiger partial charge in [0.15, 0.2) is 9.84 Å². The van der Waals surface area contributed by atoms with E-state index in [1.54, 1.807) is 19.1 Å². The molecule has 2 amide bonds. The average Bonchev–Trinajstić information content (AvgIpc) is 3.00. The molecule has 0 aromatic heterocycles. The van der Waals surface area contributed by atoms with E-state index < -0.39 is 9.84 Å². The van der Waals surface area contributed by atoms with Gasteiger partial charge in [-0.05, 0) is 17.8 Å². The number of fused-ring (bicyclic) bond motifs is 4. The highest BCUT2D eigenvalue weighted by Gasteiger charge is 2.47. The molecule has 8 nitrogen and oxygen atoms in total. The molecule has 4 aliphatic heterocycles. The molecule has 2 bridgehead atoms. The normalized spacial score (nSPS) is 27.0. The van der Waals surface area contributed by atoms with Crippen molar-refractivity contribution >= 4 is 21.6 Å². The number of rotatable bonds is 3. The summed E-state index contributed by atoms with van der Waals surface area (Å²) in [6.07, 6.45) is 1.05. The summed E-state index contributed by atoms with van der Waals surface area (Å²) in [5.41, 5.74) is 1.07. The molecule has 4 saturated heterocycles. The Kier molecular flexibility index (Phi) is 5.74. The highest BCUT2D eigenvalue weighted by molar-refractivity contribution is 7.91. The number of anilines is 1. The zero-order valence-electron chi connectivity index (χ0n) is 18.8. The number of urea groups is 1. The van der Waals surface area contributed by atoms with Crippen molar-refractivity contribution in [2.45, 2.75) is 26.3 Å². The molecule has 4 fully saturated rings. The molecule has 0 aliphatic carbocycles. The van der Waals surface area contributed by atoms with Gasteiger partial charge in [0.25, 0.3) is 0 Å². The number of hydrogen-bond acceptors (Lipinski definition) is 6. The number of nitrogens with zero attached hydrogens (tertiary/aromatic N) is 3. The van der Waals surface area contributed by atoms with Crippen LogP contribution in [0, 0.1) is 11.3 Å². The zero-order chi connectivity index (χ0) is 22.4. The van der Waals surface area contributed by atoms with E-state index in [9.17, 15) is 13.2 Å². The predicted molar refractivity (Wildman–Crippen MR) is 120 cm³/mol. The van der Waals surface area contributed by atoms with Crippen molar-refractivity contribution in [3.63, 3.8) is 0 Å². The third kappa shape index (κ3) is 4.42. The number of sulfone groups is 1. The molecule has 0 N–H and O–H groups in total. The molecule has 0 spiro atoms. The largest absolute Gasteiger partial charge is 0.497 e. The zero-order valence-corrected chi connectivity index (χ0v) is 19.7. The highest BCUT2D eigenvalue weighted by Crippen LogP contribution is 2.44. The van der Waals surface area contributed by atoms with Crippen LogP contribution in [0.15, 0.2) is 18.2 Å². The second-order valence-electron chi connectivity index (χ2n) is 9.62. The molecule has 31 heavy (non-hydrogen) atoms. The van der Waals surface area contributed by atoms with Crippen LogP contribution in [0.5, 0.6) is 11.5 Å². The van der Waals surface area contributed by atoms with Gasteiger partial charge in [0, 0.05) is 56.6 Å². The van der Waals surface area contributed by atoms with Gasteiger partial charge in [0.2, 0.25) is 0 Å². The van der Waals surface area contributed by atoms with E-state index in [1.807, 2.05) is 23.1 Å². The molecule has 2 atom stereocenters. The highest BCUT2D eigenvalue weighted by atomic mass is 32.2. The molecule has 0 radical (unpaired) electrons. The van der Waals surface area contributed by atoms with Crippen molar-refractivity contribution in [2.24, 2.45) is 11.3 Å². The number of carbonyl (C=O) groups excluding carboxylic acids is 1. The first-order chi connectivity index (χ1) is 14.6. The van der Waals surface area contributed by atoms with Crippen LogP contribution in [-0.4, -0.2) is 88.7 Å². The molecule has 172 valence electrons. The molecule has 9 heteroatoms. The third-order valence-electron chi connectivity index (χ3n) is 6.97. The van der Waals surface area contributed by atoms with Crippen LogP contribution in [0.1, 0.15) is 20.3 Å². The summed E-state index contributed by atoms with van der Waals surface area (Å²) >= 11 is 0. The lowest BCUT2D eigenvalue weighted by Crippen LogP contribution is -2.55. The quantitative estimate of drug-likeness (QED) is 0.700. The molecule has 1 aromatic rings. The Morgan fingerprint density at radius 3 is 2.16 bits per heavy atom. The molecule has 5 rings (SSSR count). The van der Waals surface area contributed by atoms with Gasteiger partial charge in [-0.15, -0.1) is 0 Å². The summed E-state index contributed by atoms with van der Waals surface area (Å²) in [6, 6.07) is 6.03. The Morgan fingerprint density at radius 2 is 1.58 bits per heavy atom. The van der Waals surface area contributed by atoms with Gasteiger partial charge in [0.05, 0.1) is 31.8 Å². The van der Waals surface area contributed by atoms with E-state index in [0.29, 0.717) is 19.0 Å². The van der Waals surface area contributed by atoms with Crippen LogP contribution in [0.2, 0.25) is 0 Å². The van der Waals surface area contributed by atoms with Crippen molar-refractivity contribution in [3.8, 4) is 11.5 Å². The summed E-state index contributed by atoms with van der Waals surface area (Å²) < 4.78 is 34.5. The minimum atomic E-state index is -3.02. The average molecular weight is 452 g/mol. The molecule has 1 aromatic carbocycles. The summed E-state index contributed by atoms with van der Waals surface area (Å²) in [5, 5.41) is 0. The van der Waals surface area contributed by atoms with Crippen LogP contribution < -0.4 is 14.4 Å². The van der Waals surface area contributed by atoms with Gasteiger partial charge >= 0.3 is 6.03 Å². The summed E-state index contributed by atoms with van der Waals surface area (Å²) in [4.78, 5) is 19.3. The Hall–Kier alpha value is -2.16. The summed E-state index contributed by atoms with van der Waals surface area (Å²) in [7, 11) is 0.281. The Labute approximate surface area is 185 Å². The maximum Gasteiger partial charge on any atom is 0.320 e. The number of ether oxygens (including phenoxy) is 2. The van der Waals surface area contributed by atoms with Crippen LogP contribution >= 0.6 is 0 Å². The Bertz CT molecular complexity index is 912. The van der Waals surface area contributed by atoms with E-state index in [-0.39, 0.29) is 42.1 Å². The molecule has 4 aliphatic rings. The van der Waals surface area contributed by atoms with Gasteiger partial charge in [-0.3, -0.25) is 0 Å². The standard InChI is InChI=1S/C22H33N3O5S/c1-22(2)12-16-13-24(21(26)23-5-7-31(27,28)8-6-23)15-20(22)25(14-16)17-9-18(29-3)11-19(10-17)30-4/h9-11,16,20H,5-8,12-15H2,1-4H3/t16-,20-/m1/s1. The number of methoxy groups -OCH3 is 2. The molecular weight excluding hydrogens is 418 g/mol. The molecular formula is C22H33N3O5S. The maximum absolute atomic E-state index is 13.3. The van der Waals surface area contributed by atoms with Gasteiger partial charge < -0.3 is 24.2 Å². The fourth-order valence-electron chi connectivity index (χ4n) is 5.34. The SMILES string of the molecule is COc1cc(OC)cc(N2C[C@H]3CN(C(=O)N4CCS(=O)(=O)CC4)C[C@@H]2C(C)(C)C3)c1. The lowest BCUT2D eigenvalue weighted by molar-refractivity contribution is 0.153. The van der Waals surface area contributed by atoms with Gasteiger partial charge in [0.1, 0.15) is 11.5 Å². The van der Waals surface area contributed by atoms with E-state index in [2.05, 4.69) is 18.7 Å². The number of carbonyl (C=O) groups is 1. The van der Waals surface area contributed by atoms with Crippen molar-refractivity contribution < 1.29 is 22.7 Å². The number of benzene rings is 1. The lowest BCUT2D eigenvalue weighted by atomic mass is 9.73. The Balaban J connectivity index is 1.60. The van der Waals surface area contributed by atoms with Crippen LogP contribution in [0.4, 0.5) is 10.5 Å². The predicted octanol–water partition coefficient (Wildman–Crippen LogP) is 2.09. The van der Waals surface area contributed by atoms with Crippen LogP contribution in [0.25, 0.3) is 0 Å². The summed E-state index contributed by atoms with van der Waals surface area (Å²) in [5.74, 6) is 1.94. The van der Waals surface area contributed by atoms with Gasteiger partial charge in [-0.25, -0.2) is 13.2 Å². The van der Waals surface area contributed by atoms with Gasteiger partial charge in [-0.1, -0.05) is 13.8 Å². The second kappa shape index (κ2) is 8.07. The summed E-state index contributed by atoms with van der Waals surface area (Å²) in [6.45, 7) is 7.29. The van der Waals surface area contributed by atoms with Crippen molar-refractivity contribution in [1.82, 2.24) is 9.80 Å². The molecule has 4 heterocycles. The van der Waals surface area contributed by atoms with Crippen molar-refractivity contribution in [1.29, 1.82) is 0 Å². The van der Waals surface area contributed by atoms with Crippen molar-refractivity contribution in [3.05, 3.63) is 18.2 Å². The lowest BCUT2D eigenvalue weighted by Gasteiger charge is -2.48. The molecule has 0 unspecified atom stereocenters. The van der Waals surface area contributed by atoms with E-state index in [4.69, 9.17) is 9.47 Å². The fraction of sp³-hybridized carbons (Fsp3) is 0.682. The first-order valence-corrected chi connectivity index (χ1v) is 12.7.